The van der Waals surface area contributed by atoms with Crippen LogP contribution >= 0.6 is 11.8 Å². The van der Waals surface area contributed by atoms with Crippen LogP contribution in [0.4, 0.5) is 4.39 Å². The van der Waals surface area contributed by atoms with Gasteiger partial charge in [0.2, 0.25) is 0 Å². The van der Waals surface area contributed by atoms with Crippen LogP contribution in [0.1, 0.15) is 37.4 Å². The lowest BCUT2D eigenvalue weighted by Crippen LogP contribution is -2.20. The van der Waals surface area contributed by atoms with Crippen LogP contribution < -0.4 is 5.32 Å². The Kier molecular flexibility index (Phi) is 5.83. The van der Waals surface area contributed by atoms with E-state index in [1.54, 1.807) is 17.8 Å². The Morgan fingerprint density at radius 1 is 1.14 bits per heavy atom. The highest BCUT2D eigenvalue weighted by molar-refractivity contribution is 7.99. The molecule has 2 aromatic rings. The highest BCUT2D eigenvalue weighted by atomic mass is 32.2. The summed E-state index contributed by atoms with van der Waals surface area (Å²) in [5, 5.41) is 3.43. The molecule has 0 aromatic heterocycles. The smallest absolute Gasteiger partial charge is 0.123 e. The van der Waals surface area contributed by atoms with E-state index in [9.17, 15) is 4.39 Å². The van der Waals surface area contributed by atoms with Crippen LogP contribution in [-0.4, -0.2) is 6.54 Å². The molecule has 1 atom stereocenters. The molecule has 0 saturated heterocycles. The Morgan fingerprint density at radius 3 is 2.52 bits per heavy atom. The van der Waals surface area contributed by atoms with Crippen molar-refractivity contribution < 1.29 is 4.39 Å². The van der Waals surface area contributed by atoms with Gasteiger partial charge in [0.25, 0.3) is 0 Å². The predicted molar refractivity (Wildman–Crippen MR) is 88.4 cm³/mol. The molecule has 0 bridgehead atoms. The molecule has 0 saturated carbocycles. The molecule has 0 amide bonds. The number of aryl methyl sites for hydroxylation is 1. The van der Waals surface area contributed by atoms with E-state index in [-0.39, 0.29) is 11.9 Å². The van der Waals surface area contributed by atoms with Gasteiger partial charge in [-0.05, 0) is 62.7 Å². The van der Waals surface area contributed by atoms with Crippen molar-refractivity contribution in [3.05, 3.63) is 59.4 Å². The first kappa shape index (κ1) is 16.1. The first-order chi connectivity index (χ1) is 10.1. The van der Waals surface area contributed by atoms with Gasteiger partial charge in [-0.25, -0.2) is 4.39 Å². The maximum atomic E-state index is 13.6. The summed E-state index contributed by atoms with van der Waals surface area (Å²) in [5.41, 5.74) is 2.27. The first-order valence-electron chi connectivity index (χ1n) is 7.37. The zero-order chi connectivity index (χ0) is 15.2. The molecular formula is C18H22FNS. The van der Waals surface area contributed by atoms with Crippen molar-refractivity contribution in [3.8, 4) is 0 Å². The quantitative estimate of drug-likeness (QED) is 0.772. The highest BCUT2D eigenvalue weighted by Crippen LogP contribution is 2.33. The third kappa shape index (κ3) is 4.58. The SMILES string of the molecule is CCCNC(C)c1cc(F)ccc1Sc1ccc(C)cc1. The first-order valence-corrected chi connectivity index (χ1v) is 8.19. The lowest BCUT2D eigenvalue weighted by molar-refractivity contribution is 0.554. The Morgan fingerprint density at radius 2 is 1.86 bits per heavy atom. The summed E-state index contributed by atoms with van der Waals surface area (Å²) in [6.45, 7) is 7.23. The summed E-state index contributed by atoms with van der Waals surface area (Å²) in [4.78, 5) is 2.28. The number of hydrogen-bond acceptors (Lipinski definition) is 2. The van der Waals surface area contributed by atoms with Crippen LogP contribution in [0.15, 0.2) is 52.3 Å². The summed E-state index contributed by atoms with van der Waals surface area (Å²) >= 11 is 1.69. The number of nitrogens with one attached hydrogen (secondary N) is 1. The van der Waals surface area contributed by atoms with Gasteiger partial charge in [0.1, 0.15) is 5.82 Å². The molecule has 2 aromatic carbocycles. The normalized spacial score (nSPS) is 12.4. The largest absolute Gasteiger partial charge is 0.310 e. The monoisotopic (exact) mass is 303 g/mol. The average molecular weight is 303 g/mol. The van der Waals surface area contributed by atoms with Gasteiger partial charge >= 0.3 is 0 Å². The summed E-state index contributed by atoms with van der Waals surface area (Å²) in [6.07, 6.45) is 1.07. The topological polar surface area (TPSA) is 12.0 Å². The third-order valence-corrected chi connectivity index (χ3v) is 4.49. The van der Waals surface area contributed by atoms with Crippen molar-refractivity contribution in [1.29, 1.82) is 0 Å². The second kappa shape index (κ2) is 7.62. The molecule has 0 aliphatic carbocycles. The minimum Gasteiger partial charge on any atom is -0.310 e. The van der Waals surface area contributed by atoms with Crippen molar-refractivity contribution in [2.75, 3.05) is 6.54 Å². The fourth-order valence-electron chi connectivity index (χ4n) is 2.15. The molecule has 0 aliphatic heterocycles. The summed E-state index contributed by atoms with van der Waals surface area (Å²) in [5.74, 6) is -0.177. The van der Waals surface area contributed by atoms with Crippen LogP contribution in [-0.2, 0) is 0 Å². The fraction of sp³-hybridized carbons (Fsp3) is 0.333. The molecule has 0 aliphatic rings. The van der Waals surface area contributed by atoms with Gasteiger partial charge in [0, 0.05) is 15.8 Å². The minimum absolute atomic E-state index is 0.147. The van der Waals surface area contributed by atoms with Gasteiger partial charge in [0.15, 0.2) is 0 Å². The number of rotatable bonds is 6. The Balaban J connectivity index is 2.23. The van der Waals surface area contributed by atoms with Gasteiger partial charge in [0.05, 0.1) is 0 Å². The predicted octanol–water partition coefficient (Wildman–Crippen LogP) is 5.35. The molecule has 21 heavy (non-hydrogen) atoms. The Labute approximate surface area is 131 Å². The highest BCUT2D eigenvalue weighted by Gasteiger charge is 2.12. The van der Waals surface area contributed by atoms with Crippen molar-refractivity contribution in [1.82, 2.24) is 5.32 Å². The zero-order valence-corrected chi connectivity index (χ0v) is 13.6. The van der Waals surface area contributed by atoms with E-state index in [1.165, 1.54) is 16.5 Å². The number of halogens is 1. The molecule has 2 rings (SSSR count). The van der Waals surface area contributed by atoms with E-state index < -0.39 is 0 Å². The van der Waals surface area contributed by atoms with Crippen LogP contribution in [0.25, 0.3) is 0 Å². The average Bonchev–Trinajstić information content (AvgIpc) is 2.49. The van der Waals surface area contributed by atoms with Crippen LogP contribution in [0.2, 0.25) is 0 Å². The molecule has 3 heteroatoms. The maximum Gasteiger partial charge on any atom is 0.123 e. The summed E-state index contributed by atoms with van der Waals surface area (Å²) < 4.78 is 13.6. The molecular weight excluding hydrogens is 281 g/mol. The molecule has 1 unspecified atom stereocenters. The van der Waals surface area contributed by atoms with Crippen LogP contribution in [0.3, 0.4) is 0 Å². The summed E-state index contributed by atoms with van der Waals surface area (Å²) in [6, 6.07) is 13.6. The fourth-order valence-corrected chi connectivity index (χ4v) is 3.17. The van der Waals surface area contributed by atoms with E-state index in [0.717, 1.165) is 23.4 Å². The summed E-state index contributed by atoms with van der Waals surface area (Å²) in [7, 11) is 0. The minimum atomic E-state index is -0.177. The standard InChI is InChI=1S/C18H22FNS/c1-4-11-20-14(3)17-12-15(19)7-10-18(17)21-16-8-5-13(2)6-9-16/h5-10,12,14,20H,4,11H2,1-3H3. The second-order valence-corrected chi connectivity index (χ2v) is 6.39. The lowest BCUT2D eigenvalue weighted by atomic mass is 10.1. The van der Waals surface area contributed by atoms with Crippen LogP contribution in [0, 0.1) is 12.7 Å². The molecule has 0 spiro atoms. The van der Waals surface area contributed by atoms with Gasteiger partial charge in [-0.15, -0.1) is 0 Å². The van der Waals surface area contributed by atoms with Crippen molar-refractivity contribution in [2.24, 2.45) is 0 Å². The second-order valence-electron chi connectivity index (χ2n) is 5.27. The van der Waals surface area contributed by atoms with E-state index in [0.29, 0.717) is 0 Å². The lowest BCUT2D eigenvalue weighted by Gasteiger charge is -2.17. The zero-order valence-electron chi connectivity index (χ0n) is 12.8. The molecule has 1 N–H and O–H groups in total. The molecule has 0 fully saturated rings. The van der Waals surface area contributed by atoms with Gasteiger partial charge < -0.3 is 5.32 Å². The number of benzene rings is 2. The van der Waals surface area contributed by atoms with Crippen molar-refractivity contribution >= 4 is 11.8 Å². The van der Waals surface area contributed by atoms with Gasteiger partial charge in [-0.1, -0.05) is 36.4 Å². The third-order valence-electron chi connectivity index (χ3n) is 3.39. The molecule has 0 heterocycles. The van der Waals surface area contributed by atoms with Gasteiger partial charge in [-0.3, -0.25) is 0 Å². The Hall–Kier alpha value is -1.32. The Bertz CT molecular complexity index is 580. The molecule has 0 radical (unpaired) electrons. The van der Waals surface area contributed by atoms with Crippen molar-refractivity contribution in [3.63, 3.8) is 0 Å². The molecule has 1 nitrogen and oxygen atoms in total. The van der Waals surface area contributed by atoms with E-state index in [1.807, 2.05) is 6.07 Å². The van der Waals surface area contributed by atoms with Gasteiger partial charge in [-0.2, -0.15) is 0 Å². The van der Waals surface area contributed by atoms with E-state index >= 15 is 0 Å². The maximum absolute atomic E-state index is 13.6. The van der Waals surface area contributed by atoms with Crippen LogP contribution in [0.5, 0.6) is 0 Å². The molecule has 112 valence electrons. The van der Waals surface area contributed by atoms with Crippen molar-refractivity contribution in [2.45, 2.75) is 43.0 Å². The van der Waals surface area contributed by atoms with E-state index in [4.69, 9.17) is 0 Å². The number of hydrogen-bond donors (Lipinski definition) is 1. The van der Waals surface area contributed by atoms with E-state index in [2.05, 4.69) is 50.4 Å².